The van der Waals surface area contributed by atoms with Gasteiger partial charge in [0.05, 0.1) is 6.61 Å². The second-order valence-corrected chi connectivity index (χ2v) is 3.41. The van der Waals surface area contributed by atoms with E-state index in [1.54, 1.807) is 24.3 Å². The molecule has 0 unspecified atom stereocenters. The molecule has 7 nitrogen and oxygen atoms in total. The van der Waals surface area contributed by atoms with E-state index in [1.165, 1.54) is 0 Å². The molecule has 18 heavy (non-hydrogen) atoms. The van der Waals surface area contributed by atoms with E-state index in [4.69, 9.17) is 10.5 Å². The third kappa shape index (κ3) is 2.57. The number of carbonyl (C=O) groups excluding carboxylic acids is 1. The Kier molecular flexibility index (Phi) is 3.42. The van der Waals surface area contributed by atoms with Gasteiger partial charge in [-0.05, 0) is 41.5 Å². The molecule has 1 aromatic heterocycles. The van der Waals surface area contributed by atoms with Crippen molar-refractivity contribution in [3.8, 4) is 5.75 Å². The number of carbonyl (C=O) groups is 1. The van der Waals surface area contributed by atoms with E-state index in [0.717, 1.165) is 5.75 Å². The fraction of sp³-hybridized carbons (Fsp3) is 0.182. The number of nitrogens with two attached hydrogens (primary N) is 1. The van der Waals surface area contributed by atoms with Crippen molar-refractivity contribution in [2.45, 2.75) is 6.92 Å². The monoisotopic (exact) mass is 248 g/mol. The lowest BCUT2D eigenvalue weighted by molar-refractivity contribution is 0.101. The van der Waals surface area contributed by atoms with E-state index in [9.17, 15) is 4.79 Å². The number of hydrogen-bond donors (Lipinski definition) is 2. The molecule has 1 amide bonds. The maximum absolute atomic E-state index is 11.7. The topological polar surface area (TPSA) is 103 Å². The molecule has 0 aliphatic heterocycles. The molecular weight excluding hydrogens is 236 g/mol. The molecule has 0 fully saturated rings. The van der Waals surface area contributed by atoms with Gasteiger partial charge in [-0.2, -0.15) is 0 Å². The van der Waals surface area contributed by atoms with Gasteiger partial charge in [0, 0.05) is 5.69 Å². The van der Waals surface area contributed by atoms with Crippen LogP contribution >= 0.6 is 0 Å². The minimum Gasteiger partial charge on any atom is -0.494 e. The van der Waals surface area contributed by atoms with Gasteiger partial charge in [0.25, 0.3) is 5.91 Å². The number of benzene rings is 1. The van der Waals surface area contributed by atoms with Crippen molar-refractivity contribution in [1.82, 2.24) is 10.3 Å². The predicted molar refractivity (Wildman–Crippen MR) is 64.3 cm³/mol. The lowest BCUT2D eigenvalue weighted by Crippen LogP contribution is -2.14. The Balaban J connectivity index is 2.05. The van der Waals surface area contributed by atoms with Crippen LogP contribution in [0, 0.1) is 0 Å². The second-order valence-electron chi connectivity index (χ2n) is 3.41. The molecule has 1 heterocycles. The smallest absolute Gasteiger partial charge is 0.281 e. The number of amides is 1. The summed E-state index contributed by atoms with van der Waals surface area (Å²) in [4.78, 5) is 11.7. The van der Waals surface area contributed by atoms with Crippen LogP contribution in [0.15, 0.2) is 28.9 Å². The molecule has 3 N–H and O–H groups in total. The lowest BCUT2D eigenvalue weighted by Gasteiger charge is -2.05. The first-order valence-electron chi connectivity index (χ1n) is 5.33. The summed E-state index contributed by atoms with van der Waals surface area (Å²) in [5, 5.41) is 9.36. The summed E-state index contributed by atoms with van der Waals surface area (Å²) in [5.41, 5.74) is 5.98. The second kappa shape index (κ2) is 5.17. The van der Waals surface area contributed by atoms with E-state index in [0.29, 0.717) is 12.3 Å². The van der Waals surface area contributed by atoms with Gasteiger partial charge in [0.15, 0.2) is 0 Å². The minimum atomic E-state index is -0.474. The number of nitrogens with one attached hydrogen (secondary N) is 1. The number of nitrogens with zero attached hydrogens (tertiary/aromatic N) is 2. The summed E-state index contributed by atoms with van der Waals surface area (Å²) in [6.07, 6.45) is 0. The third-order valence-electron chi connectivity index (χ3n) is 2.15. The zero-order valence-corrected chi connectivity index (χ0v) is 9.71. The number of rotatable bonds is 4. The molecular formula is C11H12N4O3. The Morgan fingerprint density at radius 2 is 2.11 bits per heavy atom. The van der Waals surface area contributed by atoms with Crippen LogP contribution in [0.2, 0.25) is 0 Å². The SMILES string of the molecule is CCOc1ccc(NC(=O)c2nonc2N)cc1. The van der Waals surface area contributed by atoms with Crippen LogP contribution in [0.3, 0.4) is 0 Å². The molecule has 0 spiro atoms. The van der Waals surface area contributed by atoms with Gasteiger partial charge in [-0.25, -0.2) is 4.63 Å². The van der Waals surface area contributed by atoms with E-state index >= 15 is 0 Å². The van der Waals surface area contributed by atoms with Gasteiger partial charge in [0.1, 0.15) is 5.75 Å². The highest BCUT2D eigenvalue weighted by Crippen LogP contribution is 2.16. The fourth-order valence-electron chi connectivity index (χ4n) is 1.34. The van der Waals surface area contributed by atoms with Gasteiger partial charge < -0.3 is 15.8 Å². The maximum Gasteiger partial charge on any atom is 0.281 e. The van der Waals surface area contributed by atoms with Gasteiger partial charge in [-0.15, -0.1) is 0 Å². The first-order chi connectivity index (χ1) is 8.70. The largest absolute Gasteiger partial charge is 0.494 e. The molecule has 0 saturated heterocycles. The first kappa shape index (κ1) is 11.9. The Labute approximate surface area is 103 Å². The molecule has 2 rings (SSSR count). The molecule has 2 aromatic rings. The fourth-order valence-corrected chi connectivity index (χ4v) is 1.34. The van der Waals surface area contributed by atoms with Crippen LogP contribution in [0.5, 0.6) is 5.75 Å². The average molecular weight is 248 g/mol. The van der Waals surface area contributed by atoms with E-state index in [1.807, 2.05) is 6.92 Å². The Morgan fingerprint density at radius 3 is 2.67 bits per heavy atom. The van der Waals surface area contributed by atoms with Crippen molar-refractivity contribution >= 4 is 17.4 Å². The van der Waals surface area contributed by atoms with Crippen LogP contribution in [0.25, 0.3) is 0 Å². The molecule has 94 valence electrons. The molecule has 7 heteroatoms. The van der Waals surface area contributed by atoms with Crippen molar-refractivity contribution in [2.75, 3.05) is 17.7 Å². The summed E-state index contributed by atoms with van der Waals surface area (Å²) in [6, 6.07) is 6.94. The van der Waals surface area contributed by atoms with Gasteiger partial charge in [0.2, 0.25) is 11.5 Å². The number of anilines is 2. The average Bonchev–Trinajstić information content (AvgIpc) is 2.78. The summed E-state index contributed by atoms with van der Waals surface area (Å²) < 4.78 is 9.64. The lowest BCUT2D eigenvalue weighted by atomic mass is 10.3. The highest BCUT2D eigenvalue weighted by Gasteiger charge is 2.15. The van der Waals surface area contributed by atoms with Crippen molar-refractivity contribution in [3.05, 3.63) is 30.0 Å². The third-order valence-corrected chi connectivity index (χ3v) is 2.15. The van der Waals surface area contributed by atoms with E-state index in [-0.39, 0.29) is 11.5 Å². The van der Waals surface area contributed by atoms with Gasteiger partial charge in [-0.1, -0.05) is 0 Å². The van der Waals surface area contributed by atoms with Crippen molar-refractivity contribution in [1.29, 1.82) is 0 Å². The zero-order chi connectivity index (χ0) is 13.0. The van der Waals surface area contributed by atoms with Crippen LogP contribution in [-0.2, 0) is 0 Å². The normalized spacial score (nSPS) is 10.1. The van der Waals surface area contributed by atoms with Gasteiger partial charge >= 0.3 is 0 Å². The number of ether oxygens (including phenoxy) is 1. The van der Waals surface area contributed by atoms with Gasteiger partial charge in [-0.3, -0.25) is 4.79 Å². The highest BCUT2D eigenvalue weighted by atomic mass is 16.6. The van der Waals surface area contributed by atoms with Crippen molar-refractivity contribution < 1.29 is 14.2 Å². The first-order valence-corrected chi connectivity index (χ1v) is 5.33. The summed E-state index contributed by atoms with van der Waals surface area (Å²) >= 11 is 0. The standard InChI is InChI=1S/C11H12N4O3/c1-2-17-8-5-3-7(4-6-8)13-11(16)9-10(12)15-18-14-9/h3-6H,2H2,1H3,(H2,12,15)(H,13,16). The van der Waals surface area contributed by atoms with Crippen molar-refractivity contribution in [2.24, 2.45) is 0 Å². The summed E-state index contributed by atoms with van der Waals surface area (Å²) in [5.74, 6) is 0.217. The van der Waals surface area contributed by atoms with Crippen LogP contribution < -0.4 is 15.8 Å². The summed E-state index contributed by atoms with van der Waals surface area (Å²) in [6.45, 7) is 2.49. The Morgan fingerprint density at radius 1 is 1.39 bits per heavy atom. The number of nitrogen functional groups attached to an aromatic ring is 1. The zero-order valence-electron chi connectivity index (χ0n) is 9.71. The van der Waals surface area contributed by atoms with Crippen LogP contribution in [0.1, 0.15) is 17.4 Å². The Bertz CT molecular complexity index is 535. The number of hydrogen-bond acceptors (Lipinski definition) is 6. The van der Waals surface area contributed by atoms with Crippen LogP contribution in [-0.4, -0.2) is 22.8 Å². The van der Waals surface area contributed by atoms with Crippen molar-refractivity contribution in [3.63, 3.8) is 0 Å². The van der Waals surface area contributed by atoms with E-state index in [2.05, 4.69) is 20.3 Å². The molecule has 0 bridgehead atoms. The molecule has 0 aliphatic carbocycles. The quantitative estimate of drug-likeness (QED) is 0.845. The molecule has 0 aliphatic rings. The highest BCUT2D eigenvalue weighted by molar-refractivity contribution is 6.05. The van der Waals surface area contributed by atoms with Crippen LogP contribution in [0.4, 0.5) is 11.5 Å². The number of aromatic nitrogens is 2. The molecule has 0 saturated carbocycles. The molecule has 0 atom stereocenters. The maximum atomic E-state index is 11.7. The molecule has 0 radical (unpaired) electrons. The Hall–Kier alpha value is -2.57. The van der Waals surface area contributed by atoms with E-state index < -0.39 is 5.91 Å². The predicted octanol–water partition coefficient (Wildman–Crippen LogP) is 1.30. The minimum absolute atomic E-state index is 0.0381. The molecule has 1 aromatic carbocycles. The summed E-state index contributed by atoms with van der Waals surface area (Å²) in [7, 11) is 0.